The van der Waals surface area contributed by atoms with Crippen LogP contribution in [0.3, 0.4) is 0 Å². The van der Waals surface area contributed by atoms with Gasteiger partial charge in [-0.25, -0.2) is 0 Å². The van der Waals surface area contributed by atoms with Crippen LogP contribution in [-0.4, -0.2) is 47.3 Å². The van der Waals surface area contributed by atoms with E-state index in [1.165, 1.54) is 0 Å². The molecule has 0 aromatic carbocycles. The highest BCUT2D eigenvalue weighted by Gasteiger charge is 2.16. The molecule has 0 aromatic heterocycles. The van der Waals surface area contributed by atoms with E-state index in [1.807, 2.05) is 0 Å². The van der Waals surface area contributed by atoms with E-state index in [4.69, 9.17) is 14.9 Å². The molecule has 84 valence electrons. The molecule has 0 aliphatic rings. The monoisotopic (exact) mass is 204 g/mol. The van der Waals surface area contributed by atoms with Crippen LogP contribution in [0.15, 0.2) is 12.7 Å². The van der Waals surface area contributed by atoms with Crippen LogP contribution in [0, 0.1) is 5.92 Å². The highest BCUT2D eigenvalue weighted by atomic mass is 16.5. The number of hydrogen-bond acceptors (Lipinski definition) is 4. The summed E-state index contributed by atoms with van der Waals surface area (Å²) >= 11 is 0. The van der Waals surface area contributed by atoms with Gasteiger partial charge in [0.2, 0.25) is 0 Å². The average molecular weight is 204 g/mol. The Balaban J connectivity index is 3.79. The van der Waals surface area contributed by atoms with Crippen molar-refractivity contribution in [1.29, 1.82) is 0 Å². The first-order chi connectivity index (χ1) is 6.65. The molecule has 0 aromatic rings. The van der Waals surface area contributed by atoms with Crippen molar-refractivity contribution in [2.75, 3.05) is 19.8 Å². The number of aliphatic hydroxyl groups excluding tert-OH is 3. The lowest BCUT2D eigenvalue weighted by molar-refractivity contribution is -0.0376. The molecule has 3 unspecified atom stereocenters. The Morgan fingerprint density at radius 1 is 1.43 bits per heavy atom. The maximum Gasteiger partial charge on any atom is 0.0836 e. The van der Waals surface area contributed by atoms with Crippen molar-refractivity contribution in [1.82, 2.24) is 0 Å². The van der Waals surface area contributed by atoms with Gasteiger partial charge in [-0.05, 0) is 13.3 Å². The smallest absolute Gasteiger partial charge is 0.0836 e. The lowest BCUT2D eigenvalue weighted by Gasteiger charge is -2.20. The van der Waals surface area contributed by atoms with Crippen molar-refractivity contribution in [3.8, 4) is 0 Å². The van der Waals surface area contributed by atoms with Gasteiger partial charge in [0.1, 0.15) is 0 Å². The van der Waals surface area contributed by atoms with Crippen molar-refractivity contribution < 1.29 is 20.1 Å². The summed E-state index contributed by atoms with van der Waals surface area (Å²) in [7, 11) is 0. The van der Waals surface area contributed by atoms with E-state index in [-0.39, 0.29) is 31.8 Å². The minimum absolute atomic E-state index is 0.0172. The molecule has 14 heavy (non-hydrogen) atoms. The van der Waals surface area contributed by atoms with Gasteiger partial charge in [0, 0.05) is 12.5 Å². The quantitative estimate of drug-likeness (QED) is 0.484. The Labute approximate surface area is 84.8 Å². The molecule has 0 heterocycles. The standard InChI is InChI=1S/C10H20O4/c1-3-9(4-5-11)10(13)7-14-8(2)6-12/h3,8-13H,1,4-7H2,2H3. The van der Waals surface area contributed by atoms with Gasteiger partial charge in [0.25, 0.3) is 0 Å². The average Bonchev–Trinajstić information content (AvgIpc) is 2.21. The summed E-state index contributed by atoms with van der Waals surface area (Å²) in [5.74, 6) is -0.161. The Kier molecular flexibility index (Phi) is 7.70. The van der Waals surface area contributed by atoms with Crippen molar-refractivity contribution in [3.05, 3.63) is 12.7 Å². The summed E-state index contributed by atoms with van der Waals surface area (Å²) < 4.78 is 5.15. The summed E-state index contributed by atoms with van der Waals surface area (Å²) in [5, 5.41) is 27.0. The fourth-order valence-corrected chi connectivity index (χ4v) is 1.06. The highest BCUT2D eigenvalue weighted by molar-refractivity contribution is 4.84. The van der Waals surface area contributed by atoms with Gasteiger partial charge in [0.15, 0.2) is 0 Å². The number of hydrogen-bond donors (Lipinski definition) is 3. The second-order valence-electron chi connectivity index (χ2n) is 3.31. The molecular weight excluding hydrogens is 184 g/mol. The molecule has 0 rings (SSSR count). The van der Waals surface area contributed by atoms with Crippen molar-refractivity contribution >= 4 is 0 Å². The van der Waals surface area contributed by atoms with Crippen molar-refractivity contribution in [2.24, 2.45) is 5.92 Å². The van der Waals surface area contributed by atoms with Crippen LogP contribution in [-0.2, 0) is 4.74 Å². The summed E-state index contributed by atoms with van der Waals surface area (Å²) in [6.45, 7) is 5.40. The molecule has 4 nitrogen and oxygen atoms in total. The minimum atomic E-state index is -0.673. The number of rotatable bonds is 8. The Morgan fingerprint density at radius 3 is 2.50 bits per heavy atom. The molecule has 0 aliphatic heterocycles. The van der Waals surface area contributed by atoms with Crippen LogP contribution >= 0.6 is 0 Å². The molecule has 3 atom stereocenters. The third kappa shape index (κ3) is 5.34. The van der Waals surface area contributed by atoms with Crippen molar-refractivity contribution in [2.45, 2.75) is 25.6 Å². The molecule has 0 saturated carbocycles. The van der Waals surface area contributed by atoms with Crippen LogP contribution in [0.25, 0.3) is 0 Å². The van der Waals surface area contributed by atoms with Gasteiger partial charge in [0.05, 0.1) is 25.4 Å². The van der Waals surface area contributed by atoms with Gasteiger partial charge < -0.3 is 20.1 Å². The molecule has 0 radical (unpaired) electrons. The zero-order valence-electron chi connectivity index (χ0n) is 8.59. The third-order valence-corrected chi connectivity index (χ3v) is 2.07. The molecule has 0 fully saturated rings. The van der Waals surface area contributed by atoms with E-state index in [2.05, 4.69) is 6.58 Å². The zero-order valence-corrected chi connectivity index (χ0v) is 8.59. The van der Waals surface area contributed by atoms with Crippen molar-refractivity contribution in [3.63, 3.8) is 0 Å². The van der Waals surface area contributed by atoms with E-state index in [1.54, 1.807) is 13.0 Å². The van der Waals surface area contributed by atoms with Gasteiger partial charge in [-0.1, -0.05) is 6.08 Å². The topological polar surface area (TPSA) is 69.9 Å². The van der Waals surface area contributed by atoms with Gasteiger partial charge in [-0.3, -0.25) is 0 Å². The molecule has 3 N–H and O–H groups in total. The first kappa shape index (κ1) is 13.6. The Bertz CT molecular complexity index is 149. The van der Waals surface area contributed by atoms with Crippen LogP contribution in [0.1, 0.15) is 13.3 Å². The summed E-state index contributed by atoms with van der Waals surface area (Å²) in [5.41, 5.74) is 0. The zero-order chi connectivity index (χ0) is 11.0. The number of ether oxygens (including phenoxy) is 1. The van der Waals surface area contributed by atoms with Crippen LogP contribution in [0.5, 0.6) is 0 Å². The van der Waals surface area contributed by atoms with Gasteiger partial charge in [-0.2, -0.15) is 0 Å². The lowest BCUT2D eigenvalue weighted by atomic mass is 10.00. The largest absolute Gasteiger partial charge is 0.396 e. The first-order valence-electron chi connectivity index (χ1n) is 4.79. The third-order valence-electron chi connectivity index (χ3n) is 2.07. The molecule has 0 amide bonds. The Hall–Kier alpha value is -0.420. The maximum atomic E-state index is 9.60. The molecule has 4 heteroatoms. The predicted octanol–water partition coefficient (Wildman–Crippen LogP) is -0.0707. The predicted molar refractivity (Wildman–Crippen MR) is 53.9 cm³/mol. The minimum Gasteiger partial charge on any atom is -0.396 e. The van der Waals surface area contributed by atoms with E-state index in [0.29, 0.717) is 6.42 Å². The molecule has 0 aliphatic carbocycles. The molecule has 0 bridgehead atoms. The summed E-state index contributed by atoms with van der Waals surface area (Å²) in [6, 6.07) is 0. The fourth-order valence-electron chi connectivity index (χ4n) is 1.06. The maximum absolute atomic E-state index is 9.60. The fraction of sp³-hybridized carbons (Fsp3) is 0.800. The molecule has 0 spiro atoms. The van der Waals surface area contributed by atoms with Gasteiger partial charge in [-0.15, -0.1) is 6.58 Å². The van der Waals surface area contributed by atoms with E-state index >= 15 is 0 Å². The Morgan fingerprint density at radius 2 is 2.07 bits per heavy atom. The second kappa shape index (κ2) is 7.94. The first-order valence-corrected chi connectivity index (χ1v) is 4.79. The van der Waals surface area contributed by atoms with Crippen LogP contribution < -0.4 is 0 Å². The normalized spacial score (nSPS) is 17.4. The second-order valence-corrected chi connectivity index (χ2v) is 3.31. The molecule has 0 saturated heterocycles. The lowest BCUT2D eigenvalue weighted by Crippen LogP contribution is -2.28. The summed E-state index contributed by atoms with van der Waals surface area (Å²) in [6.07, 6.45) is 1.13. The van der Waals surface area contributed by atoms with Crippen LogP contribution in [0.4, 0.5) is 0 Å². The van der Waals surface area contributed by atoms with Gasteiger partial charge >= 0.3 is 0 Å². The number of aliphatic hydroxyl groups is 3. The summed E-state index contributed by atoms with van der Waals surface area (Å²) in [4.78, 5) is 0. The molecular formula is C10H20O4. The van der Waals surface area contributed by atoms with E-state index < -0.39 is 6.10 Å². The van der Waals surface area contributed by atoms with Crippen LogP contribution in [0.2, 0.25) is 0 Å². The van der Waals surface area contributed by atoms with E-state index in [9.17, 15) is 5.11 Å². The van der Waals surface area contributed by atoms with E-state index in [0.717, 1.165) is 0 Å². The highest BCUT2D eigenvalue weighted by Crippen LogP contribution is 2.10. The SMILES string of the molecule is C=CC(CCO)C(O)COC(C)CO.